The highest BCUT2D eigenvalue weighted by Crippen LogP contribution is 2.21. The fourth-order valence-corrected chi connectivity index (χ4v) is 2.91. The molecular formula is C17H24N4O2S. The summed E-state index contributed by atoms with van der Waals surface area (Å²) in [4.78, 5) is 11.8. The molecule has 2 N–H and O–H groups in total. The number of thioether (sulfide) groups is 1. The van der Waals surface area contributed by atoms with Crippen molar-refractivity contribution < 1.29 is 9.53 Å². The number of nitrogens with zero attached hydrogens (tertiary/aromatic N) is 3. The van der Waals surface area contributed by atoms with Gasteiger partial charge in [0.1, 0.15) is 0 Å². The number of hydrogen-bond donors (Lipinski definition) is 1. The second kappa shape index (κ2) is 8.73. The van der Waals surface area contributed by atoms with Gasteiger partial charge in [-0.1, -0.05) is 37.2 Å². The molecule has 2 rings (SSSR count). The van der Waals surface area contributed by atoms with Gasteiger partial charge in [0.2, 0.25) is 5.16 Å². The normalized spacial score (nSPS) is 11.0. The van der Waals surface area contributed by atoms with Gasteiger partial charge in [-0.05, 0) is 38.0 Å². The number of benzene rings is 1. The van der Waals surface area contributed by atoms with Crippen LogP contribution in [0.15, 0.2) is 29.4 Å². The van der Waals surface area contributed by atoms with E-state index in [-0.39, 0.29) is 12.1 Å². The number of aromatic nitrogens is 3. The number of nitrogen functional groups attached to an aromatic ring is 1. The zero-order valence-corrected chi connectivity index (χ0v) is 15.2. The summed E-state index contributed by atoms with van der Waals surface area (Å²) in [6, 6.07) is 7.39. The van der Waals surface area contributed by atoms with Gasteiger partial charge < -0.3 is 10.6 Å². The van der Waals surface area contributed by atoms with E-state index in [0.717, 1.165) is 30.7 Å². The highest BCUT2D eigenvalue weighted by Gasteiger charge is 2.11. The van der Waals surface area contributed by atoms with E-state index >= 15 is 0 Å². The minimum Gasteiger partial charge on any atom is -0.459 e. The number of unbranched alkanes of at least 4 members (excludes halogenated alkanes) is 1. The van der Waals surface area contributed by atoms with Crippen LogP contribution in [0.2, 0.25) is 0 Å². The lowest BCUT2D eigenvalue weighted by Crippen LogP contribution is -2.14. The van der Waals surface area contributed by atoms with E-state index < -0.39 is 0 Å². The molecule has 1 aromatic heterocycles. The Morgan fingerprint density at radius 2 is 2.00 bits per heavy atom. The SMILES string of the molecule is CCCCc1nnc(SCc2ccc(C(=O)OC(C)C)cc2)n1N. The van der Waals surface area contributed by atoms with Crippen molar-refractivity contribution >= 4 is 17.7 Å². The summed E-state index contributed by atoms with van der Waals surface area (Å²) in [5.41, 5.74) is 1.64. The number of nitrogens with two attached hydrogens (primary N) is 1. The number of rotatable bonds is 8. The molecule has 24 heavy (non-hydrogen) atoms. The molecule has 0 aliphatic rings. The number of aryl methyl sites for hydroxylation is 1. The summed E-state index contributed by atoms with van der Waals surface area (Å²) in [5.74, 6) is 7.25. The first kappa shape index (κ1) is 18.3. The van der Waals surface area contributed by atoms with Gasteiger partial charge in [0.15, 0.2) is 5.82 Å². The van der Waals surface area contributed by atoms with E-state index in [1.54, 1.807) is 16.8 Å². The first-order chi connectivity index (χ1) is 11.5. The van der Waals surface area contributed by atoms with Crippen LogP contribution in [0.5, 0.6) is 0 Å². The van der Waals surface area contributed by atoms with Crippen LogP contribution in [0.25, 0.3) is 0 Å². The second-order valence-corrected chi connectivity index (χ2v) is 6.75. The van der Waals surface area contributed by atoms with E-state index in [1.807, 2.05) is 26.0 Å². The van der Waals surface area contributed by atoms with Crippen LogP contribution in [0.4, 0.5) is 0 Å². The van der Waals surface area contributed by atoms with Crippen molar-refractivity contribution in [3.05, 3.63) is 41.2 Å². The Morgan fingerprint density at radius 1 is 1.29 bits per heavy atom. The van der Waals surface area contributed by atoms with Gasteiger partial charge in [-0.25, -0.2) is 9.47 Å². The maximum atomic E-state index is 11.8. The molecule has 6 nitrogen and oxygen atoms in total. The third kappa shape index (κ3) is 4.99. The highest BCUT2D eigenvalue weighted by molar-refractivity contribution is 7.98. The first-order valence-corrected chi connectivity index (χ1v) is 9.12. The topological polar surface area (TPSA) is 83.0 Å². The number of hydrogen-bond acceptors (Lipinski definition) is 6. The molecule has 1 aromatic carbocycles. The Labute approximate surface area is 146 Å². The van der Waals surface area contributed by atoms with Crippen molar-refractivity contribution in [2.24, 2.45) is 0 Å². The van der Waals surface area contributed by atoms with Gasteiger partial charge in [0.05, 0.1) is 11.7 Å². The molecule has 0 aliphatic heterocycles. The van der Waals surface area contributed by atoms with Crippen molar-refractivity contribution in [2.75, 3.05) is 5.84 Å². The number of carbonyl (C=O) groups is 1. The van der Waals surface area contributed by atoms with E-state index in [1.165, 1.54) is 11.8 Å². The molecule has 0 fully saturated rings. The summed E-state index contributed by atoms with van der Waals surface area (Å²) in [6.07, 6.45) is 2.87. The van der Waals surface area contributed by atoms with E-state index in [0.29, 0.717) is 16.5 Å². The summed E-state index contributed by atoms with van der Waals surface area (Å²) >= 11 is 1.53. The number of carbonyl (C=O) groups excluding carboxylic acids is 1. The molecule has 0 amide bonds. The van der Waals surface area contributed by atoms with Gasteiger partial charge in [-0.15, -0.1) is 10.2 Å². The molecule has 130 valence electrons. The van der Waals surface area contributed by atoms with Gasteiger partial charge >= 0.3 is 5.97 Å². The lowest BCUT2D eigenvalue weighted by Gasteiger charge is -2.08. The quantitative estimate of drug-likeness (QED) is 0.448. The van der Waals surface area contributed by atoms with Crippen molar-refractivity contribution in [2.45, 2.75) is 57.0 Å². The Kier molecular flexibility index (Phi) is 6.66. The fourth-order valence-electron chi connectivity index (χ4n) is 2.08. The predicted molar refractivity (Wildman–Crippen MR) is 95.3 cm³/mol. The molecule has 0 saturated heterocycles. The van der Waals surface area contributed by atoms with Gasteiger partial charge in [0, 0.05) is 12.2 Å². The first-order valence-electron chi connectivity index (χ1n) is 8.13. The average molecular weight is 348 g/mol. The highest BCUT2D eigenvalue weighted by atomic mass is 32.2. The molecule has 1 heterocycles. The van der Waals surface area contributed by atoms with Crippen LogP contribution in [0.1, 0.15) is 55.4 Å². The standard InChI is InChI=1S/C17H24N4O2S/c1-4-5-6-15-19-20-17(21(15)18)24-11-13-7-9-14(10-8-13)16(22)23-12(2)3/h7-10,12H,4-6,11,18H2,1-3H3. The van der Waals surface area contributed by atoms with Crippen molar-refractivity contribution in [3.63, 3.8) is 0 Å². The lowest BCUT2D eigenvalue weighted by atomic mass is 10.1. The van der Waals surface area contributed by atoms with Crippen LogP contribution in [-0.4, -0.2) is 26.9 Å². The minimum atomic E-state index is -0.300. The second-order valence-electron chi connectivity index (χ2n) is 5.81. The van der Waals surface area contributed by atoms with Crippen LogP contribution >= 0.6 is 11.8 Å². The molecule has 0 saturated carbocycles. The molecule has 0 spiro atoms. The molecular weight excluding hydrogens is 324 g/mol. The maximum Gasteiger partial charge on any atom is 0.338 e. The molecule has 0 atom stereocenters. The van der Waals surface area contributed by atoms with Gasteiger partial charge in [-0.3, -0.25) is 0 Å². The third-order valence-corrected chi connectivity index (χ3v) is 4.40. The largest absolute Gasteiger partial charge is 0.459 e. The molecule has 0 aliphatic carbocycles. The zero-order chi connectivity index (χ0) is 17.5. The van der Waals surface area contributed by atoms with E-state index in [9.17, 15) is 4.79 Å². The average Bonchev–Trinajstić information content (AvgIpc) is 2.91. The van der Waals surface area contributed by atoms with Gasteiger partial charge in [0.25, 0.3) is 0 Å². The van der Waals surface area contributed by atoms with E-state index in [2.05, 4.69) is 17.1 Å². The van der Waals surface area contributed by atoms with Crippen LogP contribution < -0.4 is 5.84 Å². The number of ether oxygens (including phenoxy) is 1. The zero-order valence-electron chi connectivity index (χ0n) is 14.4. The minimum absolute atomic E-state index is 0.120. The Hall–Kier alpha value is -2.02. The monoisotopic (exact) mass is 348 g/mol. The molecule has 7 heteroatoms. The van der Waals surface area contributed by atoms with Crippen molar-refractivity contribution in [3.8, 4) is 0 Å². The van der Waals surface area contributed by atoms with Crippen molar-refractivity contribution in [1.29, 1.82) is 0 Å². The summed E-state index contributed by atoms with van der Waals surface area (Å²) in [7, 11) is 0. The smallest absolute Gasteiger partial charge is 0.338 e. The summed E-state index contributed by atoms with van der Waals surface area (Å²) in [6.45, 7) is 5.80. The van der Waals surface area contributed by atoms with Crippen LogP contribution in [0.3, 0.4) is 0 Å². The Bertz CT molecular complexity index is 668. The third-order valence-electron chi connectivity index (χ3n) is 3.39. The maximum absolute atomic E-state index is 11.8. The molecule has 0 unspecified atom stereocenters. The van der Waals surface area contributed by atoms with Gasteiger partial charge in [-0.2, -0.15) is 0 Å². The van der Waals surface area contributed by atoms with E-state index in [4.69, 9.17) is 10.6 Å². The summed E-state index contributed by atoms with van der Waals surface area (Å²) in [5, 5.41) is 8.97. The molecule has 0 bridgehead atoms. The van der Waals surface area contributed by atoms with Crippen LogP contribution in [0, 0.1) is 0 Å². The molecule has 0 radical (unpaired) electrons. The Morgan fingerprint density at radius 3 is 2.62 bits per heavy atom. The van der Waals surface area contributed by atoms with Crippen molar-refractivity contribution in [1.82, 2.24) is 14.9 Å². The molecule has 2 aromatic rings. The Balaban J connectivity index is 1.93. The fraction of sp³-hybridized carbons (Fsp3) is 0.471. The lowest BCUT2D eigenvalue weighted by molar-refractivity contribution is 0.0378. The summed E-state index contributed by atoms with van der Waals surface area (Å²) < 4.78 is 6.74. The predicted octanol–water partition coefficient (Wildman–Crippen LogP) is 3.19. The number of esters is 1. The van der Waals surface area contributed by atoms with Crippen LogP contribution in [-0.2, 0) is 16.9 Å².